The SMILES string of the molecule is CS(=O)(=O)O.O=C(O)C1=CSC2=Cc3ccccc3C=CC2=C1. The van der Waals surface area contributed by atoms with Gasteiger partial charge in [-0.2, -0.15) is 8.42 Å². The van der Waals surface area contributed by atoms with Crippen LogP contribution in [-0.4, -0.2) is 30.3 Å². The van der Waals surface area contributed by atoms with Gasteiger partial charge in [0.1, 0.15) is 0 Å². The molecule has 0 unspecified atom stereocenters. The van der Waals surface area contributed by atoms with Gasteiger partial charge in [-0.1, -0.05) is 48.2 Å². The molecule has 0 saturated carbocycles. The van der Waals surface area contributed by atoms with E-state index in [1.54, 1.807) is 11.5 Å². The van der Waals surface area contributed by atoms with Crippen LogP contribution in [0.15, 0.2) is 57.9 Å². The van der Waals surface area contributed by atoms with Crippen molar-refractivity contribution in [3.63, 3.8) is 0 Å². The van der Waals surface area contributed by atoms with Crippen molar-refractivity contribution in [2.24, 2.45) is 0 Å². The maximum absolute atomic E-state index is 11.0. The van der Waals surface area contributed by atoms with E-state index >= 15 is 0 Å². The van der Waals surface area contributed by atoms with Crippen LogP contribution in [0.3, 0.4) is 0 Å². The lowest BCUT2D eigenvalue weighted by Crippen LogP contribution is -2.01. The predicted octanol–water partition coefficient (Wildman–Crippen LogP) is 3.20. The Hall–Kier alpha value is -2.09. The Labute approximate surface area is 138 Å². The second-order valence-electron chi connectivity index (χ2n) is 4.80. The Morgan fingerprint density at radius 2 is 1.70 bits per heavy atom. The van der Waals surface area contributed by atoms with Crippen molar-refractivity contribution in [2.75, 3.05) is 6.26 Å². The molecule has 1 aromatic carbocycles. The number of carbonyl (C=O) groups is 1. The summed E-state index contributed by atoms with van der Waals surface area (Å²) in [5.41, 5.74) is 3.60. The van der Waals surface area contributed by atoms with Crippen molar-refractivity contribution in [3.05, 3.63) is 69.0 Å². The summed E-state index contributed by atoms with van der Waals surface area (Å²) >= 11 is 1.46. The first-order valence-electron chi connectivity index (χ1n) is 6.47. The highest BCUT2D eigenvalue weighted by Gasteiger charge is 2.16. The van der Waals surface area contributed by atoms with Crippen LogP contribution in [0.4, 0.5) is 0 Å². The lowest BCUT2D eigenvalue weighted by Gasteiger charge is -2.11. The summed E-state index contributed by atoms with van der Waals surface area (Å²) in [5, 5.41) is 10.7. The Kier molecular flexibility index (Phi) is 5.25. The van der Waals surface area contributed by atoms with Crippen LogP contribution in [0.2, 0.25) is 0 Å². The first-order chi connectivity index (χ1) is 10.7. The first kappa shape index (κ1) is 17.3. The van der Waals surface area contributed by atoms with E-state index in [9.17, 15) is 13.2 Å². The number of allylic oxidation sites excluding steroid dienone is 2. The molecule has 2 aliphatic rings. The molecule has 1 aromatic rings. The number of carboxylic acid groups (broad SMARTS) is 1. The van der Waals surface area contributed by atoms with Crippen LogP contribution in [0, 0.1) is 0 Å². The molecule has 0 spiro atoms. The number of hydrogen-bond donors (Lipinski definition) is 2. The van der Waals surface area contributed by atoms with E-state index in [0.717, 1.165) is 21.6 Å². The van der Waals surface area contributed by atoms with E-state index in [-0.39, 0.29) is 0 Å². The number of thioether (sulfide) groups is 1. The highest BCUT2D eigenvalue weighted by molar-refractivity contribution is 8.06. The van der Waals surface area contributed by atoms with Gasteiger partial charge >= 0.3 is 5.97 Å². The number of rotatable bonds is 1. The highest BCUT2D eigenvalue weighted by Crippen LogP contribution is 2.37. The van der Waals surface area contributed by atoms with Gasteiger partial charge in [0.05, 0.1) is 11.8 Å². The molecule has 0 saturated heterocycles. The minimum Gasteiger partial charge on any atom is -0.478 e. The molecule has 2 N–H and O–H groups in total. The molecule has 1 heterocycles. The average molecular weight is 350 g/mol. The van der Waals surface area contributed by atoms with E-state index in [0.29, 0.717) is 11.8 Å². The quantitative estimate of drug-likeness (QED) is 0.756. The lowest BCUT2D eigenvalue weighted by molar-refractivity contribution is -0.132. The Morgan fingerprint density at radius 3 is 2.30 bits per heavy atom. The van der Waals surface area contributed by atoms with Gasteiger partial charge < -0.3 is 5.11 Å². The molecular weight excluding hydrogens is 336 g/mol. The van der Waals surface area contributed by atoms with Crippen LogP contribution in [0.5, 0.6) is 0 Å². The van der Waals surface area contributed by atoms with Crippen LogP contribution in [0.25, 0.3) is 12.2 Å². The van der Waals surface area contributed by atoms with Gasteiger partial charge in [0.2, 0.25) is 0 Å². The van der Waals surface area contributed by atoms with Gasteiger partial charge in [-0.05, 0) is 34.3 Å². The number of aliphatic carboxylic acids is 1. The van der Waals surface area contributed by atoms with E-state index in [1.165, 1.54) is 11.8 Å². The fraction of sp³-hybridized carbons (Fsp3) is 0.0625. The molecule has 0 atom stereocenters. The zero-order valence-corrected chi connectivity index (χ0v) is 13.8. The van der Waals surface area contributed by atoms with Crippen molar-refractivity contribution in [2.45, 2.75) is 0 Å². The second kappa shape index (κ2) is 6.99. The number of hydrogen-bond acceptors (Lipinski definition) is 4. The van der Waals surface area contributed by atoms with Gasteiger partial charge in [-0.25, -0.2) is 4.79 Å². The molecule has 120 valence electrons. The van der Waals surface area contributed by atoms with Crippen LogP contribution >= 0.6 is 11.8 Å². The fourth-order valence-electron chi connectivity index (χ4n) is 1.94. The Morgan fingerprint density at radius 1 is 1.09 bits per heavy atom. The minimum absolute atomic E-state index is 0.336. The third-order valence-electron chi connectivity index (χ3n) is 2.88. The smallest absolute Gasteiger partial charge is 0.336 e. The van der Waals surface area contributed by atoms with E-state index in [2.05, 4.69) is 18.2 Å². The molecule has 0 fully saturated rings. The summed E-state index contributed by atoms with van der Waals surface area (Å²) in [5.74, 6) is -0.885. The Bertz CT molecular complexity index is 850. The third kappa shape index (κ3) is 5.24. The highest BCUT2D eigenvalue weighted by atomic mass is 32.2. The molecule has 23 heavy (non-hydrogen) atoms. The van der Waals surface area contributed by atoms with Gasteiger partial charge in [-0.3, -0.25) is 4.55 Å². The van der Waals surface area contributed by atoms with Gasteiger partial charge in [0.25, 0.3) is 10.1 Å². The van der Waals surface area contributed by atoms with Crippen molar-refractivity contribution in [1.29, 1.82) is 0 Å². The summed E-state index contributed by atoms with van der Waals surface area (Å²) < 4.78 is 25.9. The molecule has 0 bridgehead atoms. The van der Waals surface area contributed by atoms with Crippen LogP contribution in [-0.2, 0) is 14.9 Å². The maximum atomic E-state index is 11.0. The van der Waals surface area contributed by atoms with Gasteiger partial charge in [0, 0.05) is 4.91 Å². The standard InChI is InChI=1S/C15H10O2S.CH4O3S/c16-15(17)13-7-12-6-5-10-3-1-2-4-11(10)8-14(12)18-9-13;1-5(2,3)4/h1-9H,(H,16,17);1H3,(H,2,3,4). The Balaban J connectivity index is 0.000000338. The molecule has 1 aliphatic carbocycles. The average Bonchev–Trinajstić information content (AvgIpc) is 2.63. The van der Waals surface area contributed by atoms with Crippen molar-refractivity contribution < 1.29 is 22.9 Å². The van der Waals surface area contributed by atoms with Crippen molar-refractivity contribution in [3.8, 4) is 0 Å². The molecule has 5 nitrogen and oxygen atoms in total. The summed E-state index contributed by atoms with van der Waals surface area (Å²) in [6.07, 6.45) is 8.53. The first-order valence-corrected chi connectivity index (χ1v) is 9.20. The van der Waals surface area contributed by atoms with Crippen LogP contribution in [0.1, 0.15) is 11.1 Å². The molecule has 1 aliphatic heterocycles. The molecule has 3 rings (SSSR count). The van der Waals surface area contributed by atoms with Crippen LogP contribution < -0.4 is 0 Å². The zero-order chi connectivity index (χ0) is 17.0. The topological polar surface area (TPSA) is 91.7 Å². The largest absolute Gasteiger partial charge is 0.478 e. The maximum Gasteiger partial charge on any atom is 0.336 e. The molecule has 7 heteroatoms. The van der Waals surface area contributed by atoms with E-state index in [1.807, 2.05) is 24.3 Å². The lowest BCUT2D eigenvalue weighted by atomic mass is 10.1. The fourth-order valence-corrected chi connectivity index (χ4v) is 2.82. The summed E-state index contributed by atoms with van der Waals surface area (Å²) in [6, 6.07) is 8.12. The van der Waals surface area contributed by atoms with Crippen molar-refractivity contribution >= 4 is 40.0 Å². The van der Waals surface area contributed by atoms with Gasteiger partial charge in [0.15, 0.2) is 0 Å². The van der Waals surface area contributed by atoms with E-state index in [4.69, 9.17) is 9.66 Å². The number of benzene rings is 1. The van der Waals surface area contributed by atoms with Gasteiger partial charge in [-0.15, -0.1) is 0 Å². The molecule has 0 amide bonds. The summed E-state index contributed by atoms with van der Waals surface area (Å²) in [7, 11) is -3.67. The second-order valence-corrected chi connectivity index (χ2v) is 7.18. The number of carboxylic acids is 1. The molecular formula is C16H14O5S2. The number of fused-ring (bicyclic) bond motifs is 2. The molecule has 0 aromatic heterocycles. The monoisotopic (exact) mass is 350 g/mol. The summed E-state index contributed by atoms with van der Waals surface area (Å²) in [6.45, 7) is 0. The van der Waals surface area contributed by atoms with E-state index < -0.39 is 16.1 Å². The predicted molar refractivity (Wildman–Crippen MR) is 92.3 cm³/mol. The zero-order valence-electron chi connectivity index (χ0n) is 12.1. The summed E-state index contributed by atoms with van der Waals surface area (Å²) in [4.78, 5) is 12.0. The molecule has 0 radical (unpaired) electrons. The third-order valence-corrected chi connectivity index (χ3v) is 3.86. The van der Waals surface area contributed by atoms with Crippen molar-refractivity contribution in [1.82, 2.24) is 0 Å². The normalized spacial score (nSPS) is 15.7. The minimum atomic E-state index is -3.67.